The van der Waals surface area contributed by atoms with E-state index in [9.17, 15) is 9.59 Å². The van der Waals surface area contributed by atoms with E-state index in [1.807, 2.05) is 48.5 Å². The van der Waals surface area contributed by atoms with Gasteiger partial charge in [0.25, 0.3) is 5.91 Å². The van der Waals surface area contributed by atoms with Crippen LogP contribution in [0.2, 0.25) is 5.02 Å². The third-order valence-corrected chi connectivity index (χ3v) is 6.57. The van der Waals surface area contributed by atoms with Crippen LogP contribution in [0.25, 0.3) is 10.1 Å². The largest absolute Gasteiger partial charge is 0.379 e. The van der Waals surface area contributed by atoms with Gasteiger partial charge in [-0.2, -0.15) is 0 Å². The minimum atomic E-state index is -0.350. The first-order valence-electron chi connectivity index (χ1n) is 9.74. The van der Waals surface area contributed by atoms with Crippen molar-refractivity contribution in [1.29, 1.82) is 0 Å². The van der Waals surface area contributed by atoms with Crippen LogP contribution in [-0.2, 0) is 16.1 Å². The summed E-state index contributed by atoms with van der Waals surface area (Å²) in [5, 5.41) is 6.71. The lowest BCUT2D eigenvalue weighted by molar-refractivity contribution is -0.115. The lowest BCUT2D eigenvalue weighted by Crippen LogP contribution is -2.35. The number of nitrogens with zero attached hydrogens (tertiary/aromatic N) is 1. The number of amides is 2. The molecular formula is C22H22ClN3O3S. The first kappa shape index (κ1) is 20.8. The molecule has 2 heterocycles. The molecule has 1 aromatic heterocycles. The third kappa shape index (κ3) is 4.99. The van der Waals surface area contributed by atoms with Crippen LogP contribution in [0.3, 0.4) is 0 Å². The van der Waals surface area contributed by atoms with Crippen LogP contribution in [0.15, 0.2) is 48.5 Å². The van der Waals surface area contributed by atoms with Crippen LogP contribution >= 0.6 is 22.9 Å². The third-order valence-electron chi connectivity index (χ3n) is 4.90. The number of anilines is 1. The van der Waals surface area contributed by atoms with Crippen molar-refractivity contribution in [2.24, 2.45) is 0 Å². The van der Waals surface area contributed by atoms with Gasteiger partial charge >= 0.3 is 0 Å². The molecule has 1 aliphatic heterocycles. The number of benzene rings is 2. The zero-order chi connectivity index (χ0) is 20.9. The van der Waals surface area contributed by atoms with Crippen LogP contribution in [0.1, 0.15) is 15.2 Å². The lowest BCUT2D eigenvalue weighted by Gasteiger charge is -2.26. The molecule has 1 aliphatic rings. The fourth-order valence-electron chi connectivity index (χ4n) is 3.32. The summed E-state index contributed by atoms with van der Waals surface area (Å²) in [7, 11) is 0. The maximum Gasteiger partial charge on any atom is 0.263 e. The molecule has 0 aliphatic carbocycles. The van der Waals surface area contributed by atoms with Gasteiger partial charge in [-0.15, -0.1) is 11.3 Å². The number of hydrogen-bond donors (Lipinski definition) is 2. The summed E-state index contributed by atoms with van der Waals surface area (Å²) in [6.07, 6.45) is 0. The van der Waals surface area contributed by atoms with Crippen LogP contribution in [-0.4, -0.2) is 49.6 Å². The van der Waals surface area contributed by atoms with Gasteiger partial charge in [0.15, 0.2) is 0 Å². The molecule has 0 unspecified atom stereocenters. The summed E-state index contributed by atoms with van der Waals surface area (Å²) in [6.45, 7) is 4.14. The second-order valence-electron chi connectivity index (χ2n) is 7.06. The Labute approximate surface area is 183 Å². The number of ether oxygens (including phenoxy) is 1. The fraction of sp³-hybridized carbons (Fsp3) is 0.273. The summed E-state index contributed by atoms with van der Waals surface area (Å²) < 4.78 is 6.30. The number of carbonyl (C=O) groups is 2. The second-order valence-corrected chi connectivity index (χ2v) is 8.49. The monoisotopic (exact) mass is 443 g/mol. The van der Waals surface area contributed by atoms with Gasteiger partial charge in [0.05, 0.1) is 24.8 Å². The number of halogens is 1. The molecule has 0 saturated carbocycles. The molecule has 0 radical (unpaired) electrons. The standard InChI is InChI=1S/C22H22ClN3O3S/c23-20-17-3-1-2-4-18(17)30-21(20)22(28)24-13-19(27)25-16-7-5-15(6-8-16)14-26-9-11-29-12-10-26/h1-8H,9-14H2,(H,24,28)(H,25,27). The smallest absolute Gasteiger partial charge is 0.263 e. The highest BCUT2D eigenvalue weighted by molar-refractivity contribution is 7.21. The van der Waals surface area contributed by atoms with E-state index in [-0.39, 0.29) is 18.4 Å². The molecule has 3 aromatic rings. The van der Waals surface area contributed by atoms with Gasteiger partial charge in [0, 0.05) is 35.4 Å². The maximum atomic E-state index is 12.4. The van der Waals surface area contributed by atoms with Gasteiger partial charge in [0.1, 0.15) is 4.88 Å². The average molecular weight is 444 g/mol. The van der Waals surface area contributed by atoms with E-state index in [0.717, 1.165) is 42.9 Å². The first-order valence-corrected chi connectivity index (χ1v) is 10.9. The Kier molecular flexibility index (Phi) is 6.64. The van der Waals surface area contributed by atoms with E-state index in [1.165, 1.54) is 16.9 Å². The molecule has 2 aromatic carbocycles. The van der Waals surface area contributed by atoms with Gasteiger partial charge in [-0.1, -0.05) is 41.9 Å². The minimum absolute atomic E-state index is 0.126. The molecule has 2 amide bonds. The number of nitrogens with one attached hydrogen (secondary N) is 2. The quantitative estimate of drug-likeness (QED) is 0.608. The van der Waals surface area contributed by atoms with Crippen LogP contribution < -0.4 is 10.6 Å². The fourth-order valence-corrected chi connectivity index (χ4v) is 4.75. The zero-order valence-corrected chi connectivity index (χ0v) is 17.9. The topological polar surface area (TPSA) is 70.7 Å². The van der Waals surface area contributed by atoms with Crippen molar-refractivity contribution in [3.63, 3.8) is 0 Å². The lowest BCUT2D eigenvalue weighted by atomic mass is 10.2. The van der Waals surface area contributed by atoms with Crippen LogP contribution in [0, 0.1) is 0 Å². The highest BCUT2D eigenvalue weighted by Gasteiger charge is 2.17. The average Bonchev–Trinajstić information content (AvgIpc) is 3.11. The number of thiophene rings is 1. The Morgan fingerprint density at radius 2 is 1.80 bits per heavy atom. The predicted molar refractivity (Wildman–Crippen MR) is 120 cm³/mol. The molecule has 0 bridgehead atoms. The van der Waals surface area contributed by atoms with E-state index >= 15 is 0 Å². The van der Waals surface area contributed by atoms with Gasteiger partial charge in [0.2, 0.25) is 5.91 Å². The van der Waals surface area contributed by atoms with E-state index in [2.05, 4.69) is 15.5 Å². The molecule has 8 heteroatoms. The molecule has 30 heavy (non-hydrogen) atoms. The second kappa shape index (κ2) is 9.57. The Balaban J connectivity index is 1.28. The maximum absolute atomic E-state index is 12.4. The number of hydrogen-bond acceptors (Lipinski definition) is 5. The first-order chi connectivity index (χ1) is 14.6. The van der Waals surface area contributed by atoms with Crippen LogP contribution in [0.5, 0.6) is 0 Å². The van der Waals surface area contributed by atoms with Gasteiger partial charge in [-0.05, 0) is 23.8 Å². The SMILES string of the molecule is O=C(CNC(=O)c1sc2ccccc2c1Cl)Nc1ccc(CN2CCOCC2)cc1. The van der Waals surface area contributed by atoms with Crippen molar-refractivity contribution < 1.29 is 14.3 Å². The van der Waals surface area contributed by atoms with E-state index in [1.54, 1.807) is 0 Å². The Bertz CT molecular complexity index is 1050. The molecule has 4 rings (SSSR count). The zero-order valence-electron chi connectivity index (χ0n) is 16.3. The summed E-state index contributed by atoms with van der Waals surface area (Å²) in [5.41, 5.74) is 1.88. The van der Waals surface area contributed by atoms with Crippen molar-refractivity contribution in [3.05, 3.63) is 64.0 Å². The van der Waals surface area contributed by atoms with Crippen molar-refractivity contribution in [3.8, 4) is 0 Å². The van der Waals surface area contributed by atoms with Gasteiger partial charge in [-0.3, -0.25) is 14.5 Å². The van der Waals surface area contributed by atoms with E-state index in [4.69, 9.17) is 16.3 Å². The number of carbonyl (C=O) groups excluding carboxylic acids is 2. The highest BCUT2D eigenvalue weighted by Crippen LogP contribution is 2.34. The summed E-state index contributed by atoms with van der Waals surface area (Å²) in [6, 6.07) is 15.3. The summed E-state index contributed by atoms with van der Waals surface area (Å²) in [4.78, 5) is 27.4. The van der Waals surface area contributed by atoms with Crippen molar-refractivity contribution in [2.75, 3.05) is 38.2 Å². The van der Waals surface area contributed by atoms with Gasteiger partial charge in [-0.25, -0.2) is 0 Å². The molecule has 1 saturated heterocycles. The Morgan fingerprint density at radius 3 is 2.53 bits per heavy atom. The van der Waals surface area contributed by atoms with Gasteiger partial charge < -0.3 is 15.4 Å². The molecule has 2 N–H and O–H groups in total. The Hall–Kier alpha value is -2.45. The van der Waals surface area contributed by atoms with E-state index < -0.39 is 0 Å². The molecule has 156 valence electrons. The Morgan fingerprint density at radius 1 is 1.07 bits per heavy atom. The van der Waals surface area contributed by atoms with Crippen LogP contribution in [0.4, 0.5) is 5.69 Å². The predicted octanol–water partition coefficient (Wildman–Crippen LogP) is 3.76. The number of fused-ring (bicyclic) bond motifs is 1. The molecule has 0 spiro atoms. The van der Waals surface area contributed by atoms with Crippen molar-refractivity contribution >= 4 is 50.5 Å². The normalized spacial score (nSPS) is 14.6. The minimum Gasteiger partial charge on any atom is -0.379 e. The molecule has 1 fully saturated rings. The number of morpholine rings is 1. The summed E-state index contributed by atoms with van der Waals surface area (Å²) >= 11 is 7.64. The highest BCUT2D eigenvalue weighted by atomic mass is 35.5. The summed E-state index contributed by atoms with van der Waals surface area (Å²) in [5.74, 6) is -0.640. The molecular weight excluding hydrogens is 422 g/mol. The molecule has 6 nitrogen and oxygen atoms in total. The van der Waals surface area contributed by atoms with Crippen molar-refractivity contribution in [2.45, 2.75) is 6.54 Å². The van der Waals surface area contributed by atoms with E-state index in [0.29, 0.717) is 15.6 Å². The molecule has 0 atom stereocenters. The van der Waals surface area contributed by atoms with Crippen molar-refractivity contribution in [1.82, 2.24) is 10.2 Å². The number of rotatable bonds is 6.